The minimum absolute atomic E-state index is 0.285. The van der Waals surface area contributed by atoms with E-state index in [0.29, 0.717) is 5.31 Å². The van der Waals surface area contributed by atoms with Crippen molar-refractivity contribution in [2.45, 2.75) is 13.8 Å². The van der Waals surface area contributed by atoms with Gasteiger partial charge in [-0.15, -0.1) is 0 Å². The number of hydrogen-bond donors (Lipinski definition) is 0. The Balaban J connectivity index is 2.54. The van der Waals surface area contributed by atoms with Gasteiger partial charge in [-0.3, -0.25) is 4.57 Å². The molecule has 0 amide bonds. The Bertz CT molecular complexity index is 756. The quantitative estimate of drug-likeness (QED) is 0.429. The van der Waals surface area contributed by atoms with Gasteiger partial charge in [-0.25, -0.2) is 0 Å². The highest BCUT2D eigenvalue weighted by Crippen LogP contribution is 2.61. The smallest absolute Gasteiger partial charge is 0.361 e. The zero-order valence-electron chi connectivity index (χ0n) is 15.6. The van der Waals surface area contributed by atoms with Gasteiger partial charge >= 0.3 is 7.60 Å². The van der Waals surface area contributed by atoms with Crippen molar-refractivity contribution >= 4 is 19.0 Å². The minimum atomic E-state index is -3.47. The average Bonchev–Trinajstić information content (AvgIpc) is 2.67. The monoisotopic (exact) mass is 376 g/mol. The lowest BCUT2D eigenvalue weighted by Crippen LogP contribution is -1.99. The maximum absolute atomic E-state index is 13.4. The molecular weight excluding hydrogens is 351 g/mol. The standard InChI is InChI=1S/C20H25O5P/c1-5-24-26(21,25-6-2)20(17-9-13-19(23-4)14-10-17)15-16-7-11-18(22-3)12-8-16/h7-15H,5-6H2,1-4H3. The number of methoxy groups -OCH3 is 2. The predicted molar refractivity (Wildman–Crippen MR) is 105 cm³/mol. The molecule has 0 atom stereocenters. The summed E-state index contributed by atoms with van der Waals surface area (Å²) >= 11 is 0. The molecule has 2 aromatic carbocycles. The zero-order valence-corrected chi connectivity index (χ0v) is 16.5. The fraction of sp³-hybridized carbons (Fsp3) is 0.300. The van der Waals surface area contributed by atoms with Gasteiger partial charge in [-0.05, 0) is 55.3 Å². The van der Waals surface area contributed by atoms with Crippen LogP contribution in [0.3, 0.4) is 0 Å². The molecule has 2 rings (SSSR count). The highest BCUT2D eigenvalue weighted by molar-refractivity contribution is 7.65. The summed E-state index contributed by atoms with van der Waals surface area (Å²) in [6.07, 6.45) is 1.83. The molecule has 0 radical (unpaired) electrons. The van der Waals surface area contributed by atoms with Gasteiger partial charge in [-0.1, -0.05) is 24.3 Å². The summed E-state index contributed by atoms with van der Waals surface area (Å²) in [5, 5.41) is 0.508. The summed E-state index contributed by atoms with van der Waals surface area (Å²) in [6.45, 7) is 4.16. The third kappa shape index (κ3) is 4.98. The summed E-state index contributed by atoms with van der Waals surface area (Å²) in [4.78, 5) is 0. The molecule has 0 aliphatic rings. The van der Waals surface area contributed by atoms with Crippen molar-refractivity contribution in [3.63, 3.8) is 0 Å². The summed E-state index contributed by atoms with van der Waals surface area (Å²) in [5.74, 6) is 1.48. The van der Waals surface area contributed by atoms with E-state index in [0.717, 1.165) is 22.6 Å². The Hall–Kier alpha value is -2.07. The van der Waals surface area contributed by atoms with Crippen LogP contribution in [0.5, 0.6) is 11.5 Å². The Kier molecular flexibility index (Phi) is 7.46. The Morgan fingerprint density at radius 2 is 1.31 bits per heavy atom. The number of ether oxygens (including phenoxy) is 2. The van der Waals surface area contributed by atoms with Gasteiger partial charge in [0.05, 0.1) is 32.7 Å². The van der Waals surface area contributed by atoms with Crippen molar-refractivity contribution < 1.29 is 23.1 Å². The van der Waals surface area contributed by atoms with Crippen molar-refractivity contribution in [3.05, 3.63) is 59.7 Å². The molecule has 140 valence electrons. The van der Waals surface area contributed by atoms with Crippen LogP contribution < -0.4 is 9.47 Å². The SMILES string of the molecule is CCOP(=O)(OCC)C(=Cc1ccc(OC)cc1)c1ccc(OC)cc1. The number of hydrogen-bond acceptors (Lipinski definition) is 5. The summed E-state index contributed by atoms with van der Waals surface area (Å²) in [7, 11) is -0.248. The lowest BCUT2D eigenvalue weighted by atomic mass is 10.1. The maximum atomic E-state index is 13.4. The van der Waals surface area contributed by atoms with E-state index < -0.39 is 7.60 Å². The van der Waals surface area contributed by atoms with Crippen LogP contribution in [-0.4, -0.2) is 27.4 Å². The molecule has 0 bridgehead atoms. The van der Waals surface area contributed by atoms with Crippen LogP contribution in [0.25, 0.3) is 11.4 Å². The molecule has 0 aliphatic carbocycles. The fourth-order valence-electron chi connectivity index (χ4n) is 2.46. The van der Waals surface area contributed by atoms with E-state index >= 15 is 0 Å². The fourth-order valence-corrected chi connectivity index (χ4v) is 4.26. The van der Waals surface area contributed by atoms with Gasteiger partial charge in [0.2, 0.25) is 0 Å². The van der Waals surface area contributed by atoms with Crippen LogP contribution in [0.4, 0.5) is 0 Å². The molecule has 0 spiro atoms. The van der Waals surface area contributed by atoms with Gasteiger partial charge in [-0.2, -0.15) is 0 Å². The van der Waals surface area contributed by atoms with Crippen molar-refractivity contribution in [2.75, 3.05) is 27.4 Å². The second kappa shape index (κ2) is 9.58. The second-order valence-corrected chi connectivity index (χ2v) is 7.36. The zero-order chi connectivity index (χ0) is 19.0. The van der Waals surface area contributed by atoms with Gasteiger partial charge in [0, 0.05) is 0 Å². The van der Waals surface area contributed by atoms with E-state index in [1.807, 2.05) is 54.6 Å². The van der Waals surface area contributed by atoms with Crippen LogP contribution >= 0.6 is 7.60 Å². The van der Waals surface area contributed by atoms with E-state index in [9.17, 15) is 4.57 Å². The van der Waals surface area contributed by atoms with E-state index in [1.54, 1.807) is 28.1 Å². The van der Waals surface area contributed by atoms with Crippen LogP contribution in [0.1, 0.15) is 25.0 Å². The third-order valence-electron chi connectivity index (χ3n) is 3.70. The van der Waals surface area contributed by atoms with Crippen molar-refractivity contribution in [1.29, 1.82) is 0 Å². The van der Waals surface area contributed by atoms with Crippen molar-refractivity contribution in [3.8, 4) is 11.5 Å². The summed E-state index contributed by atoms with van der Waals surface area (Å²) in [6, 6.07) is 14.8. The average molecular weight is 376 g/mol. The summed E-state index contributed by atoms with van der Waals surface area (Å²) < 4.78 is 35.0. The Morgan fingerprint density at radius 3 is 1.73 bits per heavy atom. The molecule has 0 N–H and O–H groups in total. The number of rotatable bonds is 9. The lowest BCUT2D eigenvalue weighted by Gasteiger charge is -2.21. The molecule has 0 saturated heterocycles. The lowest BCUT2D eigenvalue weighted by molar-refractivity contribution is 0.231. The molecule has 26 heavy (non-hydrogen) atoms. The van der Waals surface area contributed by atoms with Crippen LogP contribution in [-0.2, 0) is 13.6 Å². The molecule has 0 aromatic heterocycles. The highest BCUT2D eigenvalue weighted by Gasteiger charge is 2.30. The van der Waals surface area contributed by atoms with Gasteiger partial charge in [0.15, 0.2) is 0 Å². The van der Waals surface area contributed by atoms with Crippen molar-refractivity contribution in [1.82, 2.24) is 0 Å². The van der Waals surface area contributed by atoms with Crippen LogP contribution in [0.15, 0.2) is 48.5 Å². The Morgan fingerprint density at radius 1 is 0.846 bits per heavy atom. The predicted octanol–water partition coefficient (Wildman–Crippen LogP) is 5.47. The van der Waals surface area contributed by atoms with Gasteiger partial charge in [0.1, 0.15) is 11.5 Å². The largest absolute Gasteiger partial charge is 0.497 e. The second-order valence-electron chi connectivity index (χ2n) is 5.36. The molecule has 0 aliphatic heterocycles. The number of benzene rings is 2. The highest BCUT2D eigenvalue weighted by atomic mass is 31.2. The third-order valence-corrected chi connectivity index (χ3v) is 5.87. The summed E-state index contributed by atoms with van der Waals surface area (Å²) in [5.41, 5.74) is 1.63. The van der Waals surface area contributed by atoms with E-state index in [1.165, 1.54) is 0 Å². The molecule has 0 heterocycles. The molecule has 0 unspecified atom stereocenters. The molecule has 0 saturated carbocycles. The topological polar surface area (TPSA) is 54.0 Å². The van der Waals surface area contributed by atoms with Crippen LogP contribution in [0.2, 0.25) is 0 Å². The maximum Gasteiger partial charge on any atom is 0.361 e. The van der Waals surface area contributed by atoms with Crippen molar-refractivity contribution in [2.24, 2.45) is 0 Å². The first-order valence-electron chi connectivity index (χ1n) is 8.46. The first kappa shape index (κ1) is 20.2. The molecule has 2 aromatic rings. The van der Waals surface area contributed by atoms with E-state index in [4.69, 9.17) is 18.5 Å². The molecular formula is C20H25O5P. The van der Waals surface area contributed by atoms with Gasteiger partial charge < -0.3 is 18.5 Å². The molecule has 6 heteroatoms. The van der Waals surface area contributed by atoms with E-state index in [-0.39, 0.29) is 13.2 Å². The minimum Gasteiger partial charge on any atom is -0.497 e. The molecule has 5 nitrogen and oxygen atoms in total. The normalized spacial score (nSPS) is 12.1. The molecule has 0 fully saturated rings. The van der Waals surface area contributed by atoms with Crippen LogP contribution in [0, 0.1) is 0 Å². The van der Waals surface area contributed by atoms with E-state index in [2.05, 4.69) is 0 Å². The van der Waals surface area contributed by atoms with Gasteiger partial charge in [0.25, 0.3) is 0 Å². The first-order valence-corrected chi connectivity index (χ1v) is 10.0. The first-order chi connectivity index (χ1) is 12.6. The Labute approximate surface area is 155 Å².